The molecule has 0 bridgehead atoms. The summed E-state index contributed by atoms with van der Waals surface area (Å²) in [5.74, 6) is 0.456. The van der Waals surface area contributed by atoms with Crippen LogP contribution >= 0.6 is 0 Å². The highest BCUT2D eigenvalue weighted by atomic mass is 14.9. The maximum Gasteiger partial charge on any atom is 0.0179 e. The summed E-state index contributed by atoms with van der Waals surface area (Å²) in [4.78, 5) is 0. The molecule has 0 aromatic carbocycles. The van der Waals surface area contributed by atoms with Crippen LogP contribution in [0.15, 0.2) is 36.2 Å². The van der Waals surface area contributed by atoms with Gasteiger partial charge in [0.1, 0.15) is 0 Å². The van der Waals surface area contributed by atoms with E-state index >= 15 is 0 Å². The Morgan fingerprint density at radius 1 is 1.07 bits per heavy atom. The lowest BCUT2D eigenvalue weighted by molar-refractivity contribution is 0.512. The molecule has 5 N–H and O–H groups in total. The van der Waals surface area contributed by atoms with E-state index in [1.807, 2.05) is 24.4 Å². The fraction of sp³-hybridized carbons (Fsp3) is 0.455. The van der Waals surface area contributed by atoms with Crippen molar-refractivity contribution in [2.75, 3.05) is 13.1 Å². The molecule has 0 amide bonds. The molecule has 1 rings (SSSR count). The molecule has 78 valence electrons. The van der Waals surface area contributed by atoms with Gasteiger partial charge in [-0.25, -0.2) is 0 Å². The van der Waals surface area contributed by atoms with Crippen molar-refractivity contribution in [3.63, 3.8) is 0 Å². The molecular formula is C11H19N3. The third kappa shape index (κ3) is 3.36. The van der Waals surface area contributed by atoms with Crippen LogP contribution in [0.25, 0.3) is 0 Å². The van der Waals surface area contributed by atoms with E-state index in [1.54, 1.807) is 0 Å². The number of allylic oxidation sites excluding steroid dienone is 5. The van der Waals surface area contributed by atoms with Gasteiger partial charge >= 0.3 is 0 Å². The number of rotatable bonds is 5. The zero-order valence-corrected chi connectivity index (χ0v) is 8.45. The highest BCUT2D eigenvalue weighted by molar-refractivity contribution is 5.22. The minimum Gasteiger partial charge on any atom is -0.365 e. The lowest BCUT2D eigenvalue weighted by atomic mass is 9.97. The molecule has 0 fully saturated rings. The molecule has 0 saturated carbocycles. The first-order chi connectivity index (χ1) is 6.88. The molecule has 0 atom stereocenters. The molecule has 0 aromatic rings. The first-order valence-electron chi connectivity index (χ1n) is 5.08. The fourth-order valence-corrected chi connectivity index (χ4v) is 1.58. The van der Waals surface area contributed by atoms with Crippen LogP contribution in [0.3, 0.4) is 0 Å². The van der Waals surface area contributed by atoms with Crippen molar-refractivity contribution in [3.8, 4) is 0 Å². The van der Waals surface area contributed by atoms with Gasteiger partial charge in [-0.2, -0.15) is 0 Å². The molecule has 3 heteroatoms. The number of nitrogens with two attached hydrogens (primary N) is 2. The van der Waals surface area contributed by atoms with Gasteiger partial charge in [0.25, 0.3) is 0 Å². The Morgan fingerprint density at radius 2 is 1.79 bits per heavy atom. The topological polar surface area (TPSA) is 64.1 Å². The van der Waals surface area contributed by atoms with E-state index in [0.717, 1.165) is 12.8 Å². The molecule has 0 aromatic heterocycles. The number of nitrogens with one attached hydrogen (secondary N) is 1. The van der Waals surface area contributed by atoms with Gasteiger partial charge in [0.2, 0.25) is 0 Å². The normalized spacial score (nSPS) is 15.2. The van der Waals surface area contributed by atoms with E-state index in [9.17, 15) is 0 Å². The fourth-order valence-electron chi connectivity index (χ4n) is 1.58. The van der Waals surface area contributed by atoms with Crippen LogP contribution < -0.4 is 16.8 Å². The summed E-state index contributed by atoms with van der Waals surface area (Å²) in [5, 5.41) is 3.26. The molecular weight excluding hydrogens is 174 g/mol. The van der Waals surface area contributed by atoms with Gasteiger partial charge in [0, 0.05) is 17.8 Å². The summed E-state index contributed by atoms with van der Waals surface area (Å²) in [7, 11) is 0. The Bertz CT molecular complexity index is 235. The SMILES string of the molecule is NCCC(CCN)C1=CC=CC=CN1. The van der Waals surface area contributed by atoms with Crippen molar-refractivity contribution >= 4 is 0 Å². The number of hydrogen-bond acceptors (Lipinski definition) is 3. The standard InChI is InChI=1S/C11H19N3/c12-7-5-10(6-8-13)11-4-2-1-3-9-14-11/h1-4,9-10,14H,5-8,12-13H2. The lowest BCUT2D eigenvalue weighted by Gasteiger charge is -2.18. The smallest absolute Gasteiger partial charge is 0.0179 e. The lowest BCUT2D eigenvalue weighted by Crippen LogP contribution is -2.21. The van der Waals surface area contributed by atoms with Gasteiger partial charge in [0.15, 0.2) is 0 Å². The van der Waals surface area contributed by atoms with Crippen molar-refractivity contribution in [3.05, 3.63) is 36.2 Å². The summed E-state index contributed by atoms with van der Waals surface area (Å²) in [5.41, 5.74) is 12.4. The van der Waals surface area contributed by atoms with Gasteiger partial charge in [-0.05, 0) is 38.1 Å². The van der Waals surface area contributed by atoms with E-state index in [2.05, 4.69) is 11.4 Å². The minimum atomic E-state index is 0.456. The van der Waals surface area contributed by atoms with Crippen LogP contribution in [-0.2, 0) is 0 Å². The van der Waals surface area contributed by atoms with Crippen LogP contribution in [0, 0.1) is 5.92 Å². The number of hydrogen-bond donors (Lipinski definition) is 3. The Kier molecular flexibility index (Phi) is 5.04. The Labute approximate surface area is 85.5 Å². The highest BCUT2D eigenvalue weighted by Crippen LogP contribution is 2.17. The Hall–Kier alpha value is -1.06. The largest absolute Gasteiger partial charge is 0.365 e. The third-order valence-electron chi connectivity index (χ3n) is 2.31. The van der Waals surface area contributed by atoms with E-state index in [0.29, 0.717) is 19.0 Å². The molecule has 0 aliphatic carbocycles. The van der Waals surface area contributed by atoms with Crippen molar-refractivity contribution in [1.29, 1.82) is 0 Å². The molecule has 1 aliphatic heterocycles. The predicted molar refractivity (Wildman–Crippen MR) is 60.3 cm³/mol. The summed E-state index contributed by atoms with van der Waals surface area (Å²) >= 11 is 0. The van der Waals surface area contributed by atoms with Crippen LogP contribution in [0.1, 0.15) is 12.8 Å². The maximum atomic E-state index is 5.57. The third-order valence-corrected chi connectivity index (χ3v) is 2.31. The Morgan fingerprint density at radius 3 is 2.43 bits per heavy atom. The molecule has 1 heterocycles. The second kappa shape index (κ2) is 6.40. The highest BCUT2D eigenvalue weighted by Gasteiger charge is 2.11. The van der Waals surface area contributed by atoms with E-state index in [1.165, 1.54) is 5.70 Å². The second-order valence-corrected chi connectivity index (χ2v) is 3.36. The van der Waals surface area contributed by atoms with Crippen LogP contribution in [-0.4, -0.2) is 13.1 Å². The average molecular weight is 193 g/mol. The molecule has 0 radical (unpaired) electrons. The molecule has 0 saturated heterocycles. The average Bonchev–Trinajstić information content (AvgIpc) is 2.45. The van der Waals surface area contributed by atoms with Crippen molar-refractivity contribution in [2.24, 2.45) is 17.4 Å². The van der Waals surface area contributed by atoms with Crippen molar-refractivity contribution < 1.29 is 0 Å². The summed E-state index contributed by atoms with van der Waals surface area (Å²) in [6.45, 7) is 1.41. The van der Waals surface area contributed by atoms with E-state index in [4.69, 9.17) is 11.5 Å². The van der Waals surface area contributed by atoms with Crippen LogP contribution in [0.2, 0.25) is 0 Å². The monoisotopic (exact) mass is 193 g/mol. The minimum absolute atomic E-state index is 0.456. The van der Waals surface area contributed by atoms with Gasteiger partial charge in [-0.3, -0.25) is 0 Å². The summed E-state index contributed by atoms with van der Waals surface area (Å²) in [6.07, 6.45) is 12.0. The zero-order chi connectivity index (χ0) is 10.2. The quantitative estimate of drug-likeness (QED) is 0.606. The Balaban J connectivity index is 2.61. The van der Waals surface area contributed by atoms with Gasteiger partial charge in [-0.15, -0.1) is 0 Å². The summed E-state index contributed by atoms with van der Waals surface area (Å²) < 4.78 is 0. The van der Waals surface area contributed by atoms with E-state index in [-0.39, 0.29) is 0 Å². The molecule has 0 spiro atoms. The zero-order valence-electron chi connectivity index (χ0n) is 8.45. The van der Waals surface area contributed by atoms with Crippen LogP contribution in [0.5, 0.6) is 0 Å². The first-order valence-corrected chi connectivity index (χ1v) is 5.08. The second-order valence-electron chi connectivity index (χ2n) is 3.36. The molecule has 0 unspecified atom stereocenters. The molecule has 3 nitrogen and oxygen atoms in total. The predicted octanol–water partition coefficient (Wildman–Crippen LogP) is 0.857. The first kappa shape index (κ1) is 11.0. The van der Waals surface area contributed by atoms with Crippen LogP contribution in [0.4, 0.5) is 0 Å². The van der Waals surface area contributed by atoms with Gasteiger partial charge in [-0.1, -0.05) is 12.2 Å². The summed E-state index contributed by atoms with van der Waals surface area (Å²) in [6, 6.07) is 0. The molecule has 14 heavy (non-hydrogen) atoms. The van der Waals surface area contributed by atoms with Crippen molar-refractivity contribution in [1.82, 2.24) is 5.32 Å². The van der Waals surface area contributed by atoms with Gasteiger partial charge in [0.05, 0.1) is 0 Å². The van der Waals surface area contributed by atoms with Crippen molar-refractivity contribution in [2.45, 2.75) is 12.8 Å². The molecule has 1 aliphatic rings. The van der Waals surface area contributed by atoms with E-state index < -0.39 is 0 Å². The van der Waals surface area contributed by atoms with Gasteiger partial charge < -0.3 is 16.8 Å². The maximum absolute atomic E-state index is 5.57.